The van der Waals surface area contributed by atoms with E-state index in [-0.39, 0.29) is 12.1 Å². The number of nitrogens with zero attached hydrogens (tertiary/aromatic N) is 1. The number of amides is 1. The van der Waals surface area contributed by atoms with Crippen LogP contribution in [0.4, 0.5) is 4.79 Å². The van der Waals surface area contributed by atoms with Crippen molar-refractivity contribution in [1.82, 2.24) is 4.90 Å². The molecule has 0 aromatic heterocycles. The predicted octanol–water partition coefficient (Wildman–Crippen LogP) is 5.60. The zero-order chi connectivity index (χ0) is 20.0. The summed E-state index contributed by atoms with van der Waals surface area (Å²) in [7, 11) is 0. The summed E-state index contributed by atoms with van der Waals surface area (Å²) in [4.78, 5) is 14.5. The van der Waals surface area contributed by atoms with Gasteiger partial charge in [0.15, 0.2) is 0 Å². The standard InChI is InChI=1S/C24H31NO3/c1-24(2,3)28-23(26)25-15-8-7-13-21(25)16-20-12-9-14-22(17-20)27-18-19-10-5-4-6-11-19/h4-6,9-12,14,17,21H,7-8,13,15-16,18H2,1-3H3. The highest BCUT2D eigenvalue weighted by Gasteiger charge is 2.30. The largest absolute Gasteiger partial charge is 0.489 e. The minimum Gasteiger partial charge on any atom is -0.489 e. The normalized spacial score (nSPS) is 17.2. The molecule has 150 valence electrons. The van der Waals surface area contributed by atoms with Crippen molar-refractivity contribution in [3.63, 3.8) is 0 Å². The average Bonchev–Trinajstić information content (AvgIpc) is 2.67. The van der Waals surface area contributed by atoms with Crippen LogP contribution in [0.1, 0.15) is 51.2 Å². The summed E-state index contributed by atoms with van der Waals surface area (Å²) in [5.41, 5.74) is 1.87. The highest BCUT2D eigenvalue weighted by Crippen LogP contribution is 2.25. The number of piperidine rings is 1. The lowest BCUT2D eigenvalue weighted by molar-refractivity contribution is 0.00995. The van der Waals surface area contributed by atoms with Gasteiger partial charge in [0.2, 0.25) is 0 Å². The van der Waals surface area contributed by atoms with Crippen molar-refractivity contribution in [2.24, 2.45) is 0 Å². The molecule has 1 aliphatic rings. The molecule has 1 heterocycles. The van der Waals surface area contributed by atoms with Crippen LogP contribution >= 0.6 is 0 Å². The van der Waals surface area contributed by atoms with Gasteiger partial charge in [0.1, 0.15) is 18.0 Å². The molecular weight excluding hydrogens is 350 g/mol. The molecule has 0 bridgehead atoms. The van der Waals surface area contributed by atoms with E-state index in [1.165, 1.54) is 5.56 Å². The molecule has 3 rings (SSSR count). The third kappa shape index (κ3) is 6.01. The van der Waals surface area contributed by atoms with Crippen LogP contribution in [-0.2, 0) is 17.8 Å². The van der Waals surface area contributed by atoms with E-state index in [2.05, 4.69) is 24.3 Å². The maximum absolute atomic E-state index is 12.6. The molecule has 1 fully saturated rings. The topological polar surface area (TPSA) is 38.8 Å². The summed E-state index contributed by atoms with van der Waals surface area (Å²) < 4.78 is 11.6. The number of hydrogen-bond donors (Lipinski definition) is 0. The van der Waals surface area contributed by atoms with Crippen molar-refractivity contribution in [2.45, 2.75) is 64.7 Å². The number of rotatable bonds is 5. The van der Waals surface area contributed by atoms with E-state index < -0.39 is 5.60 Å². The lowest BCUT2D eigenvalue weighted by atomic mass is 9.96. The summed E-state index contributed by atoms with van der Waals surface area (Å²) in [5, 5.41) is 0. The second-order valence-corrected chi connectivity index (χ2v) is 8.45. The van der Waals surface area contributed by atoms with Crippen LogP contribution in [0, 0.1) is 0 Å². The fraction of sp³-hybridized carbons (Fsp3) is 0.458. The van der Waals surface area contributed by atoms with Crippen LogP contribution in [0.3, 0.4) is 0 Å². The summed E-state index contributed by atoms with van der Waals surface area (Å²) in [6, 6.07) is 18.5. The molecule has 0 N–H and O–H groups in total. The smallest absolute Gasteiger partial charge is 0.410 e. The molecule has 0 spiro atoms. The van der Waals surface area contributed by atoms with Crippen molar-refractivity contribution in [3.8, 4) is 5.75 Å². The Bertz CT molecular complexity index is 767. The van der Waals surface area contributed by atoms with Gasteiger partial charge in [0.25, 0.3) is 0 Å². The van der Waals surface area contributed by atoms with Crippen LogP contribution in [0.2, 0.25) is 0 Å². The number of hydrogen-bond acceptors (Lipinski definition) is 3. The number of likely N-dealkylation sites (tertiary alicyclic amines) is 1. The highest BCUT2D eigenvalue weighted by atomic mass is 16.6. The third-order valence-corrected chi connectivity index (χ3v) is 4.87. The number of carbonyl (C=O) groups excluding carboxylic acids is 1. The molecule has 0 aliphatic carbocycles. The van der Waals surface area contributed by atoms with Gasteiger partial charge >= 0.3 is 6.09 Å². The minimum atomic E-state index is -0.468. The average molecular weight is 382 g/mol. The van der Waals surface area contributed by atoms with Gasteiger partial charge in [-0.1, -0.05) is 42.5 Å². The monoisotopic (exact) mass is 381 g/mol. The summed E-state index contributed by atoms with van der Waals surface area (Å²) in [6.07, 6.45) is 3.81. The van der Waals surface area contributed by atoms with E-state index in [1.807, 2.05) is 56.0 Å². The maximum Gasteiger partial charge on any atom is 0.410 e. The molecule has 4 heteroatoms. The molecule has 28 heavy (non-hydrogen) atoms. The van der Waals surface area contributed by atoms with E-state index in [0.29, 0.717) is 6.61 Å². The zero-order valence-electron chi connectivity index (χ0n) is 17.2. The van der Waals surface area contributed by atoms with Gasteiger partial charge in [0.05, 0.1) is 0 Å². The van der Waals surface area contributed by atoms with Gasteiger partial charge in [-0.2, -0.15) is 0 Å². The van der Waals surface area contributed by atoms with Crippen LogP contribution < -0.4 is 4.74 Å². The Morgan fingerprint density at radius 3 is 2.54 bits per heavy atom. The van der Waals surface area contributed by atoms with Gasteiger partial charge in [-0.25, -0.2) is 4.79 Å². The first kappa shape index (κ1) is 20.2. The third-order valence-electron chi connectivity index (χ3n) is 4.87. The van der Waals surface area contributed by atoms with E-state index >= 15 is 0 Å². The molecule has 1 saturated heterocycles. The first-order chi connectivity index (χ1) is 13.4. The van der Waals surface area contributed by atoms with Crippen LogP contribution in [-0.4, -0.2) is 29.2 Å². The van der Waals surface area contributed by atoms with Crippen molar-refractivity contribution in [2.75, 3.05) is 6.54 Å². The molecule has 1 atom stereocenters. The molecule has 4 nitrogen and oxygen atoms in total. The molecule has 0 radical (unpaired) electrons. The summed E-state index contributed by atoms with van der Waals surface area (Å²) >= 11 is 0. The zero-order valence-corrected chi connectivity index (χ0v) is 17.2. The molecule has 1 unspecified atom stereocenters. The fourth-order valence-electron chi connectivity index (χ4n) is 3.55. The Morgan fingerprint density at radius 1 is 1.04 bits per heavy atom. The van der Waals surface area contributed by atoms with E-state index in [4.69, 9.17) is 9.47 Å². The second-order valence-electron chi connectivity index (χ2n) is 8.45. The van der Waals surface area contributed by atoms with E-state index in [1.54, 1.807) is 0 Å². The Labute approximate surface area is 168 Å². The number of carbonyl (C=O) groups is 1. The van der Waals surface area contributed by atoms with Gasteiger partial charge in [0, 0.05) is 12.6 Å². The first-order valence-corrected chi connectivity index (χ1v) is 10.2. The van der Waals surface area contributed by atoms with E-state index in [9.17, 15) is 4.79 Å². The van der Waals surface area contributed by atoms with Crippen molar-refractivity contribution >= 4 is 6.09 Å². The summed E-state index contributed by atoms with van der Waals surface area (Å²) in [5.74, 6) is 0.862. The Hall–Kier alpha value is -2.49. The fourth-order valence-corrected chi connectivity index (χ4v) is 3.55. The quantitative estimate of drug-likeness (QED) is 0.677. The highest BCUT2D eigenvalue weighted by molar-refractivity contribution is 5.68. The molecule has 0 saturated carbocycles. The summed E-state index contributed by atoms with van der Waals surface area (Å²) in [6.45, 7) is 7.06. The van der Waals surface area contributed by atoms with Crippen molar-refractivity contribution < 1.29 is 14.3 Å². The lowest BCUT2D eigenvalue weighted by Crippen LogP contribution is -2.47. The molecule has 1 aliphatic heterocycles. The van der Waals surface area contributed by atoms with Crippen molar-refractivity contribution in [3.05, 3.63) is 65.7 Å². The van der Waals surface area contributed by atoms with Gasteiger partial charge in [-0.15, -0.1) is 0 Å². The van der Waals surface area contributed by atoms with Gasteiger partial charge in [-0.3, -0.25) is 0 Å². The molecule has 1 amide bonds. The van der Waals surface area contributed by atoms with Crippen LogP contribution in [0.15, 0.2) is 54.6 Å². The Balaban J connectivity index is 1.63. The lowest BCUT2D eigenvalue weighted by Gasteiger charge is -2.37. The van der Waals surface area contributed by atoms with E-state index in [0.717, 1.165) is 43.5 Å². The molecule has 2 aromatic carbocycles. The van der Waals surface area contributed by atoms with Crippen LogP contribution in [0.5, 0.6) is 5.75 Å². The predicted molar refractivity (Wildman–Crippen MR) is 111 cm³/mol. The number of benzene rings is 2. The number of ether oxygens (including phenoxy) is 2. The van der Waals surface area contributed by atoms with Crippen LogP contribution in [0.25, 0.3) is 0 Å². The Morgan fingerprint density at radius 2 is 1.79 bits per heavy atom. The van der Waals surface area contributed by atoms with Crippen molar-refractivity contribution in [1.29, 1.82) is 0 Å². The molecule has 2 aromatic rings. The minimum absolute atomic E-state index is 0.174. The Kier molecular flexibility index (Phi) is 6.61. The first-order valence-electron chi connectivity index (χ1n) is 10.2. The maximum atomic E-state index is 12.6. The second kappa shape index (κ2) is 9.13. The molecular formula is C24H31NO3. The SMILES string of the molecule is CC(C)(C)OC(=O)N1CCCCC1Cc1cccc(OCc2ccccc2)c1. The van der Waals surface area contributed by atoms with Gasteiger partial charge < -0.3 is 14.4 Å². The van der Waals surface area contributed by atoms with Gasteiger partial charge in [-0.05, 0) is 69.7 Å².